The van der Waals surface area contributed by atoms with Crippen LogP contribution in [0.25, 0.3) is 10.8 Å². The van der Waals surface area contributed by atoms with Gasteiger partial charge in [0, 0.05) is 18.5 Å². The molecule has 0 aliphatic carbocycles. The van der Waals surface area contributed by atoms with Crippen LogP contribution in [0.5, 0.6) is 0 Å². The van der Waals surface area contributed by atoms with Crippen LogP contribution in [0.4, 0.5) is 0 Å². The van der Waals surface area contributed by atoms with Gasteiger partial charge < -0.3 is 10.4 Å². The number of carbonyl (C=O) groups excluding carboxylic acids is 1. The van der Waals surface area contributed by atoms with Crippen molar-refractivity contribution in [1.82, 2.24) is 15.5 Å². The van der Waals surface area contributed by atoms with Crippen molar-refractivity contribution in [1.29, 1.82) is 0 Å². The lowest BCUT2D eigenvalue weighted by molar-refractivity contribution is 0.0941. The number of amides is 1. The van der Waals surface area contributed by atoms with Crippen LogP contribution in [0.3, 0.4) is 0 Å². The summed E-state index contributed by atoms with van der Waals surface area (Å²) < 4.78 is 0. The summed E-state index contributed by atoms with van der Waals surface area (Å²) in [5, 5.41) is 18.7. The van der Waals surface area contributed by atoms with Gasteiger partial charge in [-0.3, -0.25) is 9.59 Å². The zero-order valence-electron chi connectivity index (χ0n) is 11.2. The maximum Gasteiger partial charge on any atom is 0.272 e. The molecule has 0 bridgehead atoms. The average Bonchev–Trinajstić information content (AvgIpc) is 2.46. The number of aliphatic hydroxyl groups is 1. The fourth-order valence-corrected chi connectivity index (χ4v) is 1.96. The van der Waals surface area contributed by atoms with Gasteiger partial charge in [-0.1, -0.05) is 25.1 Å². The molecule has 0 aliphatic heterocycles. The monoisotopic (exact) mass is 275 g/mol. The van der Waals surface area contributed by atoms with Gasteiger partial charge in [0.2, 0.25) is 0 Å². The molecule has 0 fully saturated rings. The highest BCUT2D eigenvalue weighted by molar-refractivity contribution is 6.04. The molecule has 0 spiro atoms. The van der Waals surface area contributed by atoms with E-state index >= 15 is 0 Å². The maximum atomic E-state index is 12.1. The van der Waals surface area contributed by atoms with Gasteiger partial charge in [0.25, 0.3) is 11.5 Å². The molecule has 20 heavy (non-hydrogen) atoms. The van der Waals surface area contributed by atoms with Gasteiger partial charge in [-0.15, -0.1) is 0 Å². The Morgan fingerprint density at radius 1 is 1.40 bits per heavy atom. The van der Waals surface area contributed by atoms with E-state index in [1.54, 1.807) is 24.3 Å². The summed E-state index contributed by atoms with van der Waals surface area (Å²) in [6.07, 6.45) is 0.625. The number of aliphatic hydroxyl groups excluding tert-OH is 1. The second kappa shape index (κ2) is 6.29. The van der Waals surface area contributed by atoms with Crippen molar-refractivity contribution in [3.63, 3.8) is 0 Å². The Kier molecular flexibility index (Phi) is 4.47. The van der Waals surface area contributed by atoms with Crippen LogP contribution in [0.15, 0.2) is 29.1 Å². The topological polar surface area (TPSA) is 95.1 Å². The molecule has 0 saturated heterocycles. The third-order valence-electron chi connectivity index (χ3n) is 3.14. The summed E-state index contributed by atoms with van der Waals surface area (Å²) in [5.74, 6) is -0.153. The first kappa shape index (κ1) is 14.2. The molecule has 1 aromatic heterocycles. The number of aromatic amines is 1. The minimum Gasteiger partial charge on any atom is -0.396 e. The third-order valence-corrected chi connectivity index (χ3v) is 3.14. The van der Waals surface area contributed by atoms with E-state index in [-0.39, 0.29) is 29.7 Å². The Bertz CT molecular complexity index is 666. The molecule has 0 aliphatic rings. The molecule has 1 amide bonds. The Balaban J connectivity index is 2.23. The minimum absolute atomic E-state index is 0.0941. The SMILES string of the molecule is CC(CCO)CNC(=O)c1n[nH]c(=O)c2ccccc12. The number of carbonyl (C=O) groups is 1. The zero-order valence-corrected chi connectivity index (χ0v) is 11.2. The molecule has 2 aromatic rings. The molecule has 106 valence electrons. The molecule has 1 aromatic carbocycles. The Morgan fingerprint density at radius 2 is 2.10 bits per heavy atom. The summed E-state index contributed by atoms with van der Waals surface area (Å²) in [7, 11) is 0. The summed E-state index contributed by atoms with van der Waals surface area (Å²) >= 11 is 0. The van der Waals surface area contributed by atoms with Gasteiger partial charge >= 0.3 is 0 Å². The van der Waals surface area contributed by atoms with Crippen molar-refractivity contribution >= 4 is 16.7 Å². The lowest BCUT2D eigenvalue weighted by Crippen LogP contribution is -2.30. The molecule has 1 atom stereocenters. The highest BCUT2D eigenvalue weighted by atomic mass is 16.3. The van der Waals surface area contributed by atoms with E-state index in [2.05, 4.69) is 15.5 Å². The van der Waals surface area contributed by atoms with Gasteiger partial charge in [-0.05, 0) is 18.4 Å². The van der Waals surface area contributed by atoms with E-state index in [0.29, 0.717) is 23.7 Å². The Hall–Kier alpha value is -2.21. The Labute approximate surface area is 115 Å². The van der Waals surface area contributed by atoms with Crippen molar-refractivity contribution in [2.24, 2.45) is 5.92 Å². The smallest absolute Gasteiger partial charge is 0.272 e. The minimum atomic E-state index is -0.331. The van der Waals surface area contributed by atoms with Crippen LogP contribution >= 0.6 is 0 Å². The summed E-state index contributed by atoms with van der Waals surface area (Å²) in [6.45, 7) is 2.49. The molecule has 3 N–H and O–H groups in total. The highest BCUT2D eigenvalue weighted by Gasteiger charge is 2.14. The molecular formula is C14H17N3O3. The summed E-state index contributed by atoms with van der Waals surface area (Å²) in [6, 6.07) is 6.85. The van der Waals surface area contributed by atoms with Crippen molar-refractivity contribution in [3.8, 4) is 0 Å². The van der Waals surface area contributed by atoms with Crippen molar-refractivity contribution in [3.05, 3.63) is 40.3 Å². The average molecular weight is 275 g/mol. The van der Waals surface area contributed by atoms with E-state index in [1.165, 1.54) is 0 Å². The standard InChI is InChI=1S/C14H17N3O3/c1-9(6-7-18)8-15-14(20)12-10-4-2-3-5-11(10)13(19)17-16-12/h2-5,9,18H,6-8H2,1H3,(H,15,20)(H,17,19). The second-order valence-electron chi connectivity index (χ2n) is 4.77. The van der Waals surface area contributed by atoms with E-state index in [4.69, 9.17) is 5.11 Å². The second-order valence-corrected chi connectivity index (χ2v) is 4.77. The quantitative estimate of drug-likeness (QED) is 0.747. The molecule has 0 saturated carbocycles. The van der Waals surface area contributed by atoms with E-state index in [0.717, 1.165) is 0 Å². The lowest BCUT2D eigenvalue weighted by Gasteiger charge is -2.11. The molecule has 0 radical (unpaired) electrons. The van der Waals surface area contributed by atoms with Crippen molar-refractivity contribution in [2.45, 2.75) is 13.3 Å². The number of aromatic nitrogens is 2. The molecule has 6 heteroatoms. The largest absolute Gasteiger partial charge is 0.396 e. The van der Waals surface area contributed by atoms with Crippen molar-refractivity contribution < 1.29 is 9.90 Å². The number of fused-ring (bicyclic) bond motifs is 1. The van der Waals surface area contributed by atoms with Crippen LogP contribution in [-0.2, 0) is 0 Å². The first-order valence-electron chi connectivity index (χ1n) is 6.50. The van der Waals surface area contributed by atoms with Crippen LogP contribution in [0.1, 0.15) is 23.8 Å². The van der Waals surface area contributed by atoms with E-state index in [9.17, 15) is 9.59 Å². The van der Waals surface area contributed by atoms with E-state index < -0.39 is 0 Å². The normalized spacial score (nSPS) is 12.3. The molecule has 2 rings (SSSR count). The number of nitrogens with one attached hydrogen (secondary N) is 2. The number of nitrogens with zero attached hydrogens (tertiary/aromatic N) is 1. The summed E-state index contributed by atoms with van der Waals surface area (Å²) in [5.41, 5.74) is -0.109. The molecule has 6 nitrogen and oxygen atoms in total. The number of hydrogen-bond acceptors (Lipinski definition) is 4. The van der Waals surface area contributed by atoms with Gasteiger partial charge in [-0.2, -0.15) is 5.10 Å². The van der Waals surface area contributed by atoms with E-state index in [1.807, 2.05) is 6.92 Å². The Morgan fingerprint density at radius 3 is 2.80 bits per heavy atom. The lowest BCUT2D eigenvalue weighted by atomic mass is 10.1. The number of H-pyrrole nitrogens is 1. The van der Waals surface area contributed by atoms with Crippen molar-refractivity contribution in [2.75, 3.05) is 13.2 Å². The van der Waals surface area contributed by atoms with Crippen LogP contribution in [0.2, 0.25) is 0 Å². The fourth-order valence-electron chi connectivity index (χ4n) is 1.96. The van der Waals surface area contributed by atoms with Crippen LogP contribution in [0, 0.1) is 5.92 Å². The number of benzene rings is 1. The van der Waals surface area contributed by atoms with Gasteiger partial charge in [0.05, 0.1) is 5.39 Å². The van der Waals surface area contributed by atoms with Crippen LogP contribution < -0.4 is 10.9 Å². The highest BCUT2D eigenvalue weighted by Crippen LogP contribution is 2.12. The number of rotatable bonds is 5. The van der Waals surface area contributed by atoms with Gasteiger partial charge in [0.15, 0.2) is 5.69 Å². The predicted molar refractivity (Wildman–Crippen MR) is 75.6 cm³/mol. The van der Waals surface area contributed by atoms with Crippen LogP contribution in [-0.4, -0.2) is 34.4 Å². The maximum absolute atomic E-state index is 12.1. The zero-order chi connectivity index (χ0) is 14.5. The molecule has 1 unspecified atom stereocenters. The first-order valence-corrected chi connectivity index (χ1v) is 6.50. The summed E-state index contributed by atoms with van der Waals surface area (Å²) in [4.78, 5) is 23.7. The first-order chi connectivity index (χ1) is 9.63. The molecular weight excluding hydrogens is 258 g/mol. The van der Waals surface area contributed by atoms with Gasteiger partial charge in [-0.25, -0.2) is 5.10 Å². The predicted octanol–water partition coefficient (Wildman–Crippen LogP) is 0.671. The third kappa shape index (κ3) is 3.03. The van der Waals surface area contributed by atoms with Gasteiger partial charge in [0.1, 0.15) is 0 Å². The fraction of sp³-hybridized carbons (Fsp3) is 0.357. The molecule has 1 heterocycles. The number of hydrogen-bond donors (Lipinski definition) is 3.